The first-order valence-electron chi connectivity index (χ1n) is 16.7. The zero-order valence-electron chi connectivity index (χ0n) is 27.2. The van der Waals surface area contributed by atoms with E-state index in [0.29, 0.717) is 30.6 Å². The van der Waals surface area contributed by atoms with Crippen LogP contribution in [0, 0.1) is 0 Å². The Kier molecular flexibility index (Phi) is 12.3. The SMILES string of the molecule is CC(CCCNC(=O)NC[C@H](O)[C@@H](O)[C@H](O)[C@H](O)CO)c1ccc(Cl)c(CNC2(c3cnccc3-c3ccccc3OC3CC3)CC2)c1. The molecule has 2 aliphatic rings. The van der Waals surface area contributed by atoms with Crippen molar-refractivity contribution in [2.75, 3.05) is 19.7 Å². The molecule has 0 aliphatic heterocycles. The molecule has 1 unspecified atom stereocenters. The largest absolute Gasteiger partial charge is 0.490 e. The van der Waals surface area contributed by atoms with Crippen LogP contribution in [0.25, 0.3) is 11.1 Å². The quantitative estimate of drug-likeness (QED) is 0.0936. The lowest BCUT2D eigenvalue weighted by Crippen LogP contribution is -2.50. The van der Waals surface area contributed by atoms with Gasteiger partial charge in [0, 0.05) is 48.2 Å². The highest BCUT2D eigenvalue weighted by molar-refractivity contribution is 6.31. The molecule has 8 N–H and O–H groups in total. The number of nitrogens with one attached hydrogen (secondary N) is 3. The molecule has 5 rings (SSSR count). The molecule has 260 valence electrons. The number of ether oxygens (including phenoxy) is 1. The molecular weight excluding hydrogens is 636 g/mol. The summed E-state index contributed by atoms with van der Waals surface area (Å²) in [6.45, 7) is 2.02. The van der Waals surface area contributed by atoms with E-state index in [1.165, 1.54) is 0 Å². The summed E-state index contributed by atoms with van der Waals surface area (Å²) < 4.78 is 6.25. The normalized spacial score (nSPS) is 18.3. The van der Waals surface area contributed by atoms with Crippen LogP contribution in [-0.2, 0) is 12.1 Å². The maximum absolute atomic E-state index is 12.2. The Morgan fingerprint density at radius 2 is 1.77 bits per heavy atom. The van der Waals surface area contributed by atoms with Crippen LogP contribution in [-0.4, -0.2) is 86.8 Å². The molecule has 11 nitrogen and oxygen atoms in total. The first-order chi connectivity index (χ1) is 23.1. The fourth-order valence-electron chi connectivity index (χ4n) is 5.86. The average Bonchev–Trinajstić information content (AvgIpc) is 4.05. The summed E-state index contributed by atoms with van der Waals surface area (Å²) in [6.07, 6.45) is 3.22. The molecule has 1 aromatic heterocycles. The maximum atomic E-state index is 12.2. The van der Waals surface area contributed by atoms with Gasteiger partial charge in [0.05, 0.1) is 18.8 Å². The van der Waals surface area contributed by atoms with Gasteiger partial charge < -0.3 is 46.2 Å². The van der Waals surface area contributed by atoms with E-state index in [0.717, 1.165) is 65.7 Å². The number of hydrogen-bond acceptors (Lipinski definition) is 9. The molecule has 48 heavy (non-hydrogen) atoms. The summed E-state index contributed by atoms with van der Waals surface area (Å²) in [5.41, 5.74) is 5.36. The van der Waals surface area contributed by atoms with Gasteiger partial charge >= 0.3 is 6.03 Å². The predicted octanol–water partition coefficient (Wildman–Crippen LogP) is 3.34. The minimum Gasteiger partial charge on any atom is -0.490 e. The van der Waals surface area contributed by atoms with Gasteiger partial charge in [-0.3, -0.25) is 4.98 Å². The Morgan fingerprint density at radius 3 is 2.50 bits per heavy atom. The van der Waals surface area contributed by atoms with Crippen molar-refractivity contribution >= 4 is 17.6 Å². The van der Waals surface area contributed by atoms with Crippen LogP contribution in [0.5, 0.6) is 5.75 Å². The van der Waals surface area contributed by atoms with Gasteiger partial charge in [-0.2, -0.15) is 0 Å². The number of hydrogen-bond donors (Lipinski definition) is 8. The number of aliphatic hydroxyl groups is 5. The number of carbonyl (C=O) groups is 1. The highest BCUT2D eigenvalue weighted by atomic mass is 35.5. The third-order valence-electron chi connectivity index (χ3n) is 9.23. The number of carbonyl (C=O) groups excluding carboxylic acids is 1. The van der Waals surface area contributed by atoms with Crippen LogP contribution in [0.2, 0.25) is 5.02 Å². The zero-order valence-corrected chi connectivity index (χ0v) is 27.9. The molecule has 2 aliphatic carbocycles. The van der Waals surface area contributed by atoms with E-state index in [-0.39, 0.29) is 18.0 Å². The van der Waals surface area contributed by atoms with E-state index < -0.39 is 37.1 Å². The standard InChI is InChI=1S/C36H47ClN4O7/c1-22(5-4-15-39-35(47)40-20-30(43)33(45)34(46)31(44)21-42)23-8-11-29(37)24(17-23)18-41-36(13-14-36)28-19-38-16-12-26(28)27-6-2-3-7-32(27)48-25-9-10-25/h2-3,6-8,11-12,16-17,19,22,25,30-31,33-34,41-46H,4-5,9-10,13-15,18,20-21H2,1H3,(H2,39,40,47)/t22?,30-,31+,33+,34+/m0/s1. The molecular formula is C36H47ClN4O7. The molecule has 0 bridgehead atoms. The third kappa shape index (κ3) is 9.23. The van der Waals surface area contributed by atoms with Gasteiger partial charge in [-0.05, 0) is 84.9 Å². The number of nitrogens with zero attached hydrogens (tertiary/aromatic N) is 1. The minimum absolute atomic E-state index is 0.192. The van der Waals surface area contributed by atoms with E-state index in [4.69, 9.17) is 21.4 Å². The van der Waals surface area contributed by atoms with Crippen molar-refractivity contribution in [3.63, 3.8) is 0 Å². The molecule has 2 saturated carbocycles. The zero-order chi connectivity index (χ0) is 34.3. The van der Waals surface area contributed by atoms with E-state index in [2.05, 4.69) is 46.1 Å². The Bertz CT molecular complexity index is 1520. The molecule has 0 spiro atoms. The van der Waals surface area contributed by atoms with Gasteiger partial charge in [0.25, 0.3) is 0 Å². The Hall–Kier alpha value is -3.29. The van der Waals surface area contributed by atoms with E-state index in [1.807, 2.05) is 42.7 Å². The lowest BCUT2D eigenvalue weighted by molar-refractivity contribution is -0.113. The summed E-state index contributed by atoms with van der Waals surface area (Å²) in [5, 5.41) is 57.5. The van der Waals surface area contributed by atoms with Crippen molar-refractivity contribution in [1.29, 1.82) is 0 Å². The Labute approximate surface area is 286 Å². The van der Waals surface area contributed by atoms with Gasteiger partial charge in [0.1, 0.15) is 24.1 Å². The van der Waals surface area contributed by atoms with Gasteiger partial charge in [-0.25, -0.2) is 4.79 Å². The Balaban J connectivity index is 1.12. The molecule has 2 fully saturated rings. The first-order valence-corrected chi connectivity index (χ1v) is 17.1. The average molecular weight is 683 g/mol. The number of rotatable bonds is 18. The van der Waals surface area contributed by atoms with Crippen LogP contribution in [0.1, 0.15) is 68.1 Å². The van der Waals surface area contributed by atoms with Crippen molar-refractivity contribution in [2.24, 2.45) is 0 Å². The van der Waals surface area contributed by atoms with Crippen LogP contribution in [0.15, 0.2) is 60.9 Å². The minimum atomic E-state index is -1.75. The summed E-state index contributed by atoms with van der Waals surface area (Å²) in [6, 6.07) is 15.9. The summed E-state index contributed by atoms with van der Waals surface area (Å²) in [4.78, 5) is 16.6. The second-order valence-corrected chi connectivity index (χ2v) is 13.4. The smallest absolute Gasteiger partial charge is 0.314 e. The molecule has 2 aromatic carbocycles. The van der Waals surface area contributed by atoms with Crippen LogP contribution in [0.4, 0.5) is 4.79 Å². The second-order valence-electron chi connectivity index (χ2n) is 13.0. The third-order valence-corrected chi connectivity index (χ3v) is 9.60. The topological polar surface area (TPSA) is 176 Å². The number of urea groups is 1. The number of aliphatic hydroxyl groups excluding tert-OH is 5. The number of para-hydroxylation sites is 1. The van der Waals surface area contributed by atoms with Crippen LogP contribution < -0.4 is 20.7 Å². The highest BCUT2D eigenvalue weighted by Gasteiger charge is 2.46. The summed E-state index contributed by atoms with van der Waals surface area (Å²) >= 11 is 6.68. The van der Waals surface area contributed by atoms with Crippen LogP contribution in [0.3, 0.4) is 0 Å². The van der Waals surface area contributed by atoms with E-state index in [9.17, 15) is 25.2 Å². The van der Waals surface area contributed by atoms with Crippen molar-refractivity contribution in [3.05, 3.63) is 82.6 Å². The molecule has 0 radical (unpaired) electrons. The maximum Gasteiger partial charge on any atom is 0.314 e. The number of benzene rings is 2. The van der Waals surface area contributed by atoms with Gasteiger partial charge in [-0.1, -0.05) is 48.9 Å². The lowest BCUT2D eigenvalue weighted by atomic mass is 9.93. The fraction of sp³-hybridized carbons (Fsp3) is 0.500. The molecule has 1 heterocycles. The van der Waals surface area contributed by atoms with Gasteiger partial charge in [0.15, 0.2) is 0 Å². The van der Waals surface area contributed by atoms with E-state index >= 15 is 0 Å². The monoisotopic (exact) mass is 682 g/mol. The number of aromatic nitrogens is 1. The molecule has 2 amide bonds. The van der Waals surface area contributed by atoms with Crippen molar-refractivity contribution in [3.8, 4) is 16.9 Å². The van der Waals surface area contributed by atoms with Crippen molar-refractivity contribution in [1.82, 2.24) is 20.9 Å². The molecule has 0 saturated heterocycles. The van der Waals surface area contributed by atoms with Crippen molar-refractivity contribution in [2.45, 2.75) is 94.0 Å². The number of amides is 2. The Morgan fingerprint density at radius 1 is 1.02 bits per heavy atom. The van der Waals surface area contributed by atoms with Gasteiger partial charge in [0.2, 0.25) is 0 Å². The lowest BCUT2D eigenvalue weighted by Gasteiger charge is -2.25. The fourth-order valence-corrected chi connectivity index (χ4v) is 6.04. The molecule has 3 aromatic rings. The number of pyridine rings is 1. The molecule has 5 atom stereocenters. The number of halogens is 1. The second kappa shape index (κ2) is 16.4. The first kappa shape index (κ1) is 36.0. The summed E-state index contributed by atoms with van der Waals surface area (Å²) in [5.74, 6) is 1.13. The van der Waals surface area contributed by atoms with Crippen LogP contribution >= 0.6 is 11.6 Å². The van der Waals surface area contributed by atoms with Gasteiger partial charge in [-0.15, -0.1) is 0 Å². The predicted molar refractivity (Wildman–Crippen MR) is 183 cm³/mol. The van der Waals surface area contributed by atoms with E-state index in [1.54, 1.807) is 0 Å². The molecule has 12 heteroatoms. The van der Waals surface area contributed by atoms with Crippen molar-refractivity contribution < 1.29 is 35.1 Å². The highest BCUT2D eigenvalue weighted by Crippen LogP contribution is 2.50. The summed E-state index contributed by atoms with van der Waals surface area (Å²) in [7, 11) is 0.